The number of ether oxygens (including phenoxy) is 1. The fraction of sp³-hybridized carbons (Fsp3) is 0.188. The minimum atomic E-state index is -0.755. The number of halogens is 1. The van der Waals surface area contributed by atoms with Crippen LogP contribution in [0.3, 0.4) is 0 Å². The third kappa shape index (κ3) is 3.90. The summed E-state index contributed by atoms with van der Waals surface area (Å²) < 4.78 is 18.8. The van der Waals surface area contributed by atoms with Gasteiger partial charge in [-0.05, 0) is 29.7 Å². The van der Waals surface area contributed by atoms with Crippen LogP contribution in [0, 0.1) is 5.82 Å². The van der Waals surface area contributed by atoms with E-state index in [1.807, 2.05) is 30.3 Å². The topological polar surface area (TPSA) is 52.3 Å². The lowest BCUT2D eigenvalue weighted by atomic mass is 10.1. The Labute approximate surface area is 117 Å². The first kappa shape index (κ1) is 14.2. The summed E-state index contributed by atoms with van der Waals surface area (Å²) in [4.78, 5) is 11.0. The van der Waals surface area contributed by atoms with Gasteiger partial charge in [0.15, 0.2) is 0 Å². The molecule has 0 aromatic heterocycles. The summed E-state index contributed by atoms with van der Waals surface area (Å²) in [6.07, 6.45) is 0.605. The molecule has 0 radical (unpaired) electrons. The van der Waals surface area contributed by atoms with E-state index in [-0.39, 0.29) is 5.56 Å². The van der Waals surface area contributed by atoms with E-state index in [4.69, 9.17) is 10.5 Å². The molecule has 0 bridgehead atoms. The molecule has 2 aromatic carbocycles. The second-order valence-electron chi connectivity index (χ2n) is 4.47. The summed E-state index contributed by atoms with van der Waals surface area (Å²) in [5, 5.41) is 0. The van der Waals surface area contributed by atoms with E-state index in [2.05, 4.69) is 0 Å². The van der Waals surface area contributed by atoms with Crippen molar-refractivity contribution in [1.82, 2.24) is 0 Å². The Hall–Kier alpha value is -2.20. The minimum absolute atomic E-state index is 0.0782. The maximum Gasteiger partial charge on any atom is 0.251 e. The zero-order chi connectivity index (χ0) is 14.4. The molecule has 0 saturated carbocycles. The quantitative estimate of drug-likeness (QED) is 0.823. The van der Waals surface area contributed by atoms with Crippen LogP contribution in [0.15, 0.2) is 48.5 Å². The molecule has 0 aliphatic rings. The summed E-state index contributed by atoms with van der Waals surface area (Å²) in [6.45, 7) is 1.03. The van der Waals surface area contributed by atoms with Gasteiger partial charge in [-0.3, -0.25) is 4.79 Å². The number of carbonyl (C=O) groups excluding carboxylic acids is 1. The lowest BCUT2D eigenvalue weighted by molar-refractivity contribution is 0.0996. The lowest BCUT2D eigenvalue weighted by Gasteiger charge is -2.06. The molecule has 0 aliphatic carbocycles. The standard InChI is InChI=1S/C16H16FNO2/c17-15-7-6-12(10-14(15)16(18)19)8-9-20-11-13-4-2-1-3-5-13/h1-7,10H,8-9,11H2,(H2,18,19). The molecule has 2 aromatic rings. The predicted molar refractivity (Wildman–Crippen MR) is 74.7 cm³/mol. The number of amides is 1. The van der Waals surface area contributed by atoms with Crippen molar-refractivity contribution in [1.29, 1.82) is 0 Å². The maximum atomic E-state index is 13.3. The Morgan fingerprint density at radius 1 is 1.10 bits per heavy atom. The van der Waals surface area contributed by atoms with Gasteiger partial charge in [-0.25, -0.2) is 4.39 Å². The van der Waals surface area contributed by atoms with E-state index in [9.17, 15) is 9.18 Å². The Morgan fingerprint density at radius 3 is 2.55 bits per heavy atom. The van der Waals surface area contributed by atoms with Crippen LogP contribution in [-0.4, -0.2) is 12.5 Å². The predicted octanol–water partition coefficient (Wildman–Crippen LogP) is 2.68. The molecule has 1 amide bonds. The molecule has 0 unspecified atom stereocenters. The Kier molecular flexibility index (Phi) is 4.85. The summed E-state index contributed by atoms with van der Waals surface area (Å²) >= 11 is 0. The van der Waals surface area contributed by atoms with E-state index in [0.29, 0.717) is 19.6 Å². The fourth-order valence-electron chi connectivity index (χ4n) is 1.87. The monoisotopic (exact) mass is 273 g/mol. The number of benzene rings is 2. The average Bonchev–Trinajstić information content (AvgIpc) is 2.46. The Morgan fingerprint density at radius 2 is 1.85 bits per heavy atom. The molecule has 0 aliphatic heterocycles. The molecule has 0 atom stereocenters. The molecular formula is C16H16FNO2. The van der Waals surface area contributed by atoms with E-state index >= 15 is 0 Å². The first-order valence-electron chi connectivity index (χ1n) is 6.36. The first-order chi connectivity index (χ1) is 9.66. The van der Waals surface area contributed by atoms with Crippen molar-refractivity contribution < 1.29 is 13.9 Å². The molecule has 0 saturated heterocycles. The number of carbonyl (C=O) groups is 1. The van der Waals surface area contributed by atoms with Gasteiger partial charge >= 0.3 is 0 Å². The highest BCUT2D eigenvalue weighted by Gasteiger charge is 2.08. The SMILES string of the molecule is NC(=O)c1cc(CCOCc2ccccc2)ccc1F. The van der Waals surface area contributed by atoms with Gasteiger partial charge < -0.3 is 10.5 Å². The van der Waals surface area contributed by atoms with Gasteiger partial charge in [0, 0.05) is 0 Å². The van der Waals surface area contributed by atoms with Gasteiger partial charge in [-0.15, -0.1) is 0 Å². The van der Waals surface area contributed by atoms with Crippen LogP contribution >= 0.6 is 0 Å². The zero-order valence-corrected chi connectivity index (χ0v) is 11.0. The third-order valence-corrected chi connectivity index (χ3v) is 2.94. The smallest absolute Gasteiger partial charge is 0.251 e. The van der Waals surface area contributed by atoms with Crippen molar-refractivity contribution in [2.45, 2.75) is 13.0 Å². The van der Waals surface area contributed by atoms with Crippen LogP contribution in [0.4, 0.5) is 4.39 Å². The number of nitrogens with two attached hydrogens (primary N) is 1. The van der Waals surface area contributed by atoms with E-state index < -0.39 is 11.7 Å². The van der Waals surface area contributed by atoms with Gasteiger partial charge in [0.2, 0.25) is 0 Å². The molecule has 0 fully saturated rings. The molecular weight excluding hydrogens is 257 g/mol. The molecule has 2 N–H and O–H groups in total. The fourth-order valence-corrected chi connectivity index (χ4v) is 1.87. The highest BCUT2D eigenvalue weighted by Crippen LogP contribution is 2.11. The first-order valence-corrected chi connectivity index (χ1v) is 6.36. The second-order valence-corrected chi connectivity index (χ2v) is 4.47. The molecule has 2 rings (SSSR count). The highest BCUT2D eigenvalue weighted by atomic mass is 19.1. The average molecular weight is 273 g/mol. The molecule has 0 heterocycles. The maximum absolute atomic E-state index is 13.3. The van der Waals surface area contributed by atoms with Crippen LogP contribution in [0.1, 0.15) is 21.5 Å². The highest BCUT2D eigenvalue weighted by molar-refractivity contribution is 5.93. The van der Waals surface area contributed by atoms with Crippen molar-refractivity contribution in [3.05, 3.63) is 71.0 Å². The largest absolute Gasteiger partial charge is 0.376 e. The normalized spacial score (nSPS) is 10.4. The minimum Gasteiger partial charge on any atom is -0.376 e. The summed E-state index contributed by atoms with van der Waals surface area (Å²) in [7, 11) is 0. The van der Waals surface area contributed by atoms with Crippen LogP contribution in [0.25, 0.3) is 0 Å². The van der Waals surface area contributed by atoms with Gasteiger partial charge in [0.1, 0.15) is 5.82 Å². The van der Waals surface area contributed by atoms with Crippen LogP contribution < -0.4 is 5.73 Å². The number of hydrogen-bond acceptors (Lipinski definition) is 2. The van der Waals surface area contributed by atoms with Crippen molar-refractivity contribution in [3.63, 3.8) is 0 Å². The lowest BCUT2D eigenvalue weighted by Crippen LogP contribution is -2.13. The van der Waals surface area contributed by atoms with Crippen molar-refractivity contribution in [2.75, 3.05) is 6.61 Å². The van der Waals surface area contributed by atoms with Crippen LogP contribution in [-0.2, 0) is 17.8 Å². The molecule has 0 spiro atoms. The van der Waals surface area contributed by atoms with Gasteiger partial charge in [-0.2, -0.15) is 0 Å². The van der Waals surface area contributed by atoms with Crippen molar-refractivity contribution in [3.8, 4) is 0 Å². The second kappa shape index (κ2) is 6.82. The molecule has 20 heavy (non-hydrogen) atoms. The number of hydrogen-bond donors (Lipinski definition) is 1. The molecule has 3 nitrogen and oxygen atoms in total. The van der Waals surface area contributed by atoms with Crippen LogP contribution in [0.5, 0.6) is 0 Å². The zero-order valence-electron chi connectivity index (χ0n) is 11.0. The third-order valence-electron chi connectivity index (χ3n) is 2.94. The molecule has 4 heteroatoms. The summed E-state index contributed by atoms with van der Waals surface area (Å²) in [5.41, 5.74) is 6.95. The number of primary amides is 1. The van der Waals surface area contributed by atoms with Crippen molar-refractivity contribution >= 4 is 5.91 Å². The van der Waals surface area contributed by atoms with E-state index in [1.165, 1.54) is 12.1 Å². The Bertz CT molecular complexity index is 584. The van der Waals surface area contributed by atoms with Crippen molar-refractivity contribution in [2.24, 2.45) is 5.73 Å². The Balaban J connectivity index is 1.85. The van der Waals surface area contributed by atoms with E-state index in [0.717, 1.165) is 11.1 Å². The van der Waals surface area contributed by atoms with E-state index in [1.54, 1.807) is 6.07 Å². The van der Waals surface area contributed by atoms with Gasteiger partial charge in [-0.1, -0.05) is 36.4 Å². The summed E-state index contributed by atoms with van der Waals surface area (Å²) in [6, 6.07) is 14.2. The van der Waals surface area contributed by atoms with Gasteiger partial charge in [0.05, 0.1) is 18.8 Å². The summed E-state index contributed by atoms with van der Waals surface area (Å²) in [5.74, 6) is -1.35. The van der Waals surface area contributed by atoms with Gasteiger partial charge in [0.25, 0.3) is 5.91 Å². The number of rotatable bonds is 6. The van der Waals surface area contributed by atoms with Crippen LogP contribution in [0.2, 0.25) is 0 Å². The molecule has 104 valence electrons.